The Balaban J connectivity index is 1.67. The van der Waals surface area contributed by atoms with E-state index in [9.17, 15) is 18.0 Å². The van der Waals surface area contributed by atoms with Crippen molar-refractivity contribution in [1.82, 2.24) is 24.9 Å². The van der Waals surface area contributed by atoms with Crippen LogP contribution in [0.15, 0.2) is 0 Å². The van der Waals surface area contributed by atoms with E-state index in [0.29, 0.717) is 23.7 Å². The Bertz CT molecular complexity index is 877. The van der Waals surface area contributed by atoms with Crippen LogP contribution in [0.3, 0.4) is 0 Å². The van der Waals surface area contributed by atoms with Gasteiger partial charge in [-0.25, -0.2) is 9.50 Å². The molecule has 2 atom stereocenters. The number of alkyl halides is 3. The van der Waals surface area contributed by atoms with Gasteiger partial charge in [-0.2, -0.15) is 18.2 Å². The number of nitrogens with zero attached hydrogens (tertiary/aromatic N) is 4. The molecule has 1 amide bonds. The fourth-order valence-corrected chi connectivity index (χ4v) is 4.25. The summed E-state index contributed by atoms with van der Waals surface area (Å²) in [5.41, 5.74) is 1.84. The van der Waals surface area contributed by atoms with Crippen LogP contribution in [0.2, 0.25) is 0 Å². The molecule has 1 N–H and O–H groups in total. The van der Waals surface area contributed by atoms with E-state index in [1.165, 1.54) is 6.42 Å². The lowest BCUT2D eigenvalue weighted by atomic mass is 9.96. The zero-order valence-electron chi connectivity index (χ0n) is 17.1. The van der Waals surface area contributed by atoms with Crippen LogP contribution in [0.4, 0.5) is 13.2 Å². The Kier molecular flexibility index (Phi) is 6.43. The molecule has 3 rings (SSSR count). The molecule has 160 valence electrons. The topological polar surface area (TPSA) is 72.2 Å². The first-order valence-electron chi connectivity index (χ1n) is 10.3. The monoisotopic (exact) mass is 411 g/mol. The van der Waals surface area contributed by atoms with E-state index in [2.05, 4.69) is 27.3 Å². The number of hydrogen-bond acceptors (Lipinski definition) is 4. The maximum absolute atomic E-state index is 12.9. The van der Waals surface area contributed by atoms with Gasteiger partial charge in [-0.1, -0.05) is 26.2 Å². The fourth-order valence-electron chi connectivity index (χ4n) is 4.25. The lowest BCUT2D eigenvalue weighted by molar-refractivity contribution is -0.144. The van der Waals surface area contributed by atoms with Gasteiger partial charge in [-0.05, 0) is 51.0 Å². The molecule has 1 fully saturated rings. The molecule has 1 saturated carbocycles. The smallest absolute Gasteiger partial charge is 0.353 e. The van der Waals surface area contributed by atoms with Crippen molar-refractivity contribution in [2.75, 3.05) is 0 Å². The highest BCUT2D eigenvalue weighted by atomic mass is 19.4. The first-order chi connectivity index (χ1) is 13.7. The van der Waals surface area contributed by atoms with Gasteiger partial charge in [0.25, 0.3) is 11.6 Å². The minimum absolute atomic E-state index is 0.0214. The third-order valence-electron chi connectivity index (χ3n) is 5.84. The predicted octanol–water partition coefficient (Wildman–Crippen LogP) is 4.17. The van der Waals surface area contributed by atoms with E-state index in [-0.39, 0.29) is 24.1 Å². The second-order valence-electron chi connectivity index (χ2n) is 7.91. The van der Waals surface area contributed by atoms with Gasteiger partial charge in [0, 0.05) is 23.9 Å². The number of aromatic nitrogens is 4. The molecule has 9 heteroatoms. The van der Waals surface area contributed by atoms with Crippen LogP contribution in [-0.2, 0) is 17.4 Å². The summed E-state index contributed by atoms with van der Waals surface area (Å²) in [4.78, 5) is 20.1. The summed E-state index contributed by atoms with van der Waals surface area (Å²) in [6.45, 7) is 5.58. The molecule has 0 radical (unpaired) electrons. The predicted molar refractivity (Wildman–Crippen MR) is 102 cm³/mol. The molecular formula is C20H28F3N5O. The summed E-state index contributed by atoms with van der Waals surface area (Å²) in [6, 6.07) is 0.238. The Morgan fingerprint density at radius 2 is 2.00 bits per heavy atom. The van der Waals surface area contributed by atoms with Crippen LogP contribution in [0.1, 0.15) is 74.6 Å². The SMILES string of the molecule is CCCCC1CCCC1NC(=O)CCc1c(C)nc2nc(C(F)(F)F)nn2c1C. The van der Waals surface area contributed by atoms with Crippen molar-refractivity contribution in [2.45, 2.75) is 84.4 Å². The van der Waals surface area contributed by atoms with Gasteiger partial charge in [0.2, 0.25) is 5.91 Å². The third-order valence-corrected chi connectivity index (χ3v) is 5.84. The van der Waals surface area contributed by atoms with Crippen LogP contribution in [0.25, 0.3) is 5.78 Å². The molecule has 0 aromatic carbocycles. The van der Waals surface area contributed by atoms with Crippen molar-refractivity contribution < 1.29 is 18.0 Å². The number of carbonyl (C=O) groups is 1. The van der Waals surface area contributed by atoms with Crippen LogP contribution < -0.4 is 5.32 Å². The average Bonchev–Trinajstić information content (AvgIpc) is 3.26. The highest BCUT2D eigenvalue weighted by Crippen LogP contribution is 2.30. The zero-order chi connectivity index (χ0) is 21.2. The van der Waals surface area contributed by atoms with Crippen molar-refractivity contribution in [3.63, 3.8) is 0 Å². The normalized spacial score (nSPS) is 19.8. The minimum Gasteiger partial charge on any atom is -0.353 e. The molecule has 0 saturated heterocycles. The molecule has 2 unspecified atom stereocenters. The third kappa shape index (κ3) is 4.87. The van der Waals surface area contributed by atoms with Crippen LogP contribution in [-0.4, -0.2) is 31.5 Å². The van der Waals surface area contributed by atoms with Gasteiger partial charge >= 0.3 is 6.18 Å². The van der Waals surface area contributed by atoms with E-state index < -0.39 is 12.0 Å². The van der Waals surface area contributed by atoms with Gasteiger partial charge in [-0.3, -0.25) is 4.79 Å². The maximum Gasteiger partial charge on any atom is 0.453 e. The zero-order valence-corrected chi connectivity index (χ0v) is 17.1. The number of rotatable bonds is 7. The molecule has 1 aliphatic carbocycles. The molecule has 6 nitrogen and oxygen atoms in total. The van der Waals surface area contributed by atoms with Crippen LogP contribution in [0.5, 0.6) is 0 Å². The Morgan fingerprint density at radius 1 is 1.24 bits per heavy atom. The van der Waals surface area contributed by atoms with E-state index in [1.54, 1.807) is 13.8 Å². The number of halogens is 3. The summed E-state index contributed by atoms with van der Waals surface area (Å²) in [5.74, 6) is -0.754. The first-order valence-corrected chi connectivity index (χ1v) is 10.3. The number of amides is 1. The van der Waals surface area contributed by atoms with Crippen molar-refractivity contribution in [3.05, 3.63) is 22.8 Å². The lowest BCUT2D eigenvalue weighted by Crippen LogP contribution is -2.37. The molecule has 2 aromatic rings. The van der Waals surface area contributed by atoms with Gasteiger partial charge in [0.1, 0.15) is 0 Å². The largest absolute Gasteiger partial charge is 0.453 e. The average molecular weight is 411 g/mol. The van der Waals surface area contributed by atoms with Crippen LogP contribution in [0, 0.1) is 19.8 Å². The molecular weight excluding hydrogens is 383 g/mol. The summed E-state index contributed by atoms with van der Waals surface area (Å²) < 4.78 is 39.8. The maximum atomic E-state index is 12.9. The number of aryl methyl sites for hydroxylation is 2. The molecule has 0 spiro atoms. The van der Waals surface area contributed by atoms with E-state index >= 15 is 0 Å². The van der Waals surface area contributed by atoms with E-state index in [1.807, 2.05) is 0 Å². The Labute approximate surface area is 168 Å². The second kappa shape index (κ2) is 8.67. The van der Waals surface area contributed by atoms with Gasteiger partial charge in [0.05, 0.1) is 0 Å². The first kappa shape index (κ1) is 21.5. The quantitative estimate of drug-likeness (QED) is 0.742. The summed E-state index contributed by atoms with van der Waals surface area (Å²) >= 11 is 0. The molecule has 2 aromatic heterocycles. The molecule has 29 heavy (non-hydrogen) atoms. The highest BCUT2D eigenvalue weighted by molar-refractivity contribution is 5.76. The molecule has 2 heterocycles. The van der Waals surface area contributed by atoms with Crippen LogP contribution >= 0.6 is 0 Å². The van der Waals surface area contributed by atoms with Gasteiger partial charge < -0.3 is 5.32 Å². The number of hydrogen-bond donors (Lipinski definition) is 1. The number of nitrogens with one attached hydrogen (secondary N) is 1. The van der Waals surface area contributed by atoms with Crippen molar-refractivity contribution in [1.29, 1.82) is 0 Å². The van der Waals surface area contributed by atoms with E-state index in [0.717, 1.165) is 42.2 Å². The highest BCUT2D eigenvalue weighted by Gasteiger charge is 2.37. The standard InChI is InChI=1S/C20H28F3N5O/c1-4-5-7-14-8-6-9-16(14)25-17(29)11-10-15-12(2)24-19-26-18(20(21,22)23)27-28(19)13(15)3/h14,16H,4-11H2,1-3H3,(H,25,29). The number of unbranched alkanes of at least 4 members (excludes halogenated alkanes) is 1. The fraction of sp³-hybridized carbons (Fsp3) is 0.700. The lowest BCUT2D eigenvalue weighted by Gasteiger charge is -2.21. The molecule has 0 aliphatic heterocycles. The van der Waals surface area contributed by atoms with Crippen molar-refractivity contribution >= 4 is 11.7 Å². The summed E-state index contributed by atoms with van der Waals surface area (Å²) in [5, 5.41) is 6.72. The number of fused-ring (bicyclic) bond motifs is 1. The van der Waals surface area contributed by atoms with Gasteiger partial charge in [-0.15, -0.1) is 5.10 Å². The molecule has 1 aliphatic rings. The minimum atomic E-state index is -4.62. The molecule has 0 bridgehead atoms. The summed E-state index contributed by atoms with van der Waals surface area (Å²) in [6.07, 6.45) is 2.86. The van der Waals surface area contributed by atoms with Gasteiger partial charge in [0.15, 0.2) is 0 Å². The Hall–Kier alpha value is -2.19. The number of carbonyl (C=O) groups excluding carboxylic acids is 1. The summed E-state index contributed by atoms with van der Waals surface area (Å²) in [7, 11) is 0. The van der Waals surface area contributed by atoms with E-state index in [4.69, 9.17) is 0 Å². The second-order valence-corrected chi connectivity index (χ2v) is 7.91. The van der Waals surface area contributed by atoms with Crippen molar-refractivity contribution in [3.8, 4) is 0 Å². The van der Waals surface area contributed by atoms with Crippen molar-refractivity contribution in [2.24, 2.45) is 5.92 Å². The Morgan fingerprint density at radius 3 is 2.69 bits per heavy atom.